The molecule has 76 valence electrons. The van der Waals surface area contributed by atoms with Gasteiger partial charge < -0.3 is 4.98 Å². The molecular formula is C11H9FN2O. The Morgan fingerprint density at radius 2 is 2.27 bits per heavy atom. The fourth-order valence-electron chi connectivity index (χ4n) is 1.36. The van der Waals surface area contributed by atoms with Gasteiger partial charge in [-0.05, 0) is 30.7 Å². The Morgan fingerprint density at radius 1 is 1.47 bits per heavy atom. The molecular weight excluding hydrogens is 195 g/mol. The Hall–Kier alpha value is -1.97. The predicted molar refractivity (Wildman–Crippen MR) is 54.1 cm³/mol. The molecule has 0 saturated carbocycles. The molecule has 0 saturated heterocycles. The summed E-state index contributed by atoms with van der Waals surface area (Å²) in [6.45, 7) is 1.69. The summed E-state index contributed by atoms with van der Waals surface area (Å²) in [4.78, 5) is 17.1. The summed E-state index contributed by atoms with van der Waals surface area (Å²) in [5, 5.41) is 0. The van der Waals surface area contributed by atoms with Gasteiger partial charge in [-0.3, -0.25) is 4.79 Å². The highest BCUT2D eigenvalue weighted by atomic mass is 19.1. The molecule has 1 aromatic heterocycles. The van der Waals surface area contributed by atoms with Crippen molar-refractivity contribution in [3.63, 3.8) is 0 Å². The molecule has 0 spiro atoms. The first-order chi connectivity index (χ1) is 7.20. The molecule has 1 aromatic carbocycles. The first-order valence-electron chi connectivity index (χ1n) is 4.47. The Balaban J connectivity index is 2.44. The molecule has 0 unspecified atom stereocenters. The zero-order chi connectivity index (χ0) is 10.8. The first-order valence-corrected chi connectivity index (χ1v) is 4.47. The van der Waals surface area contributed by atoms with Crippen LogP contribution in [0.3, 0.4) is 0 Å². The number of benzene rings is 1. The number of nitrogens with zero attached hydrogens (tertiary/aromatic N) is 1. The molecule has 2 rings (SSSR count). The number of carbonyl (C=O) groups is 1. The standard InChI is InChI=1S/C11H9FN2O/c1-7-4-8(2-3-9(7)12)10-5-13-11(6-15)14-10/h2-6H,1H3,(H,13,14). The normalized spacial score (nSPS) is 10.3. The van der Waals surface area contributed by atoms with E-state index in [-0.39, 0.29) is 11.6 Å². The largest absolute Gasteiger partial charge is 0.336 e. The topological polar surface area (TPSA) is 45.8 Å². The highest BCUT2D eigenvalue weighted by Crippen LogP contribution is 2.19. The van der Waals surface area contributed by atoms with Crippen LogP contribution in [0.25, 0.3) is 11.3 Å². The van der Waals surface area contributed by atoms with Crippen LogP contribution in [0.5, 0.6) is 0 Å². The number of nitrogens with one attached hydrogen (secondary N) is 1. The molecule has 0 atom stereocenters. The summed E-state index contributed by atoms with van der Waals surface area (Å²) in [5.74, 6) is 0.0286. The van der Waals surface area contributed by atoms with E-state index in [2.05, 4.69) is 9.97 Å². The number of halogens is 1. The van der Waals surface area contributed by atoms with Gasteiger partial charge in [0.15, 0.2) is 12.1 Å². The van der Waals surface area contributed by atoms with Crippen molar-refractivity contribution in [1.82, 2.24) is 9.97 Å². The van der Waals surface area contributed by atoms with Crippen LogP contribution in [-0.2, 0) is 0 Å². The van der Waals surface area contributed by atoms with Gasteiger partial charge in [0.05, 0.1) is 11.9 Å². The third-order valence-corrected chi connectivity index (χ3v) is 2.18. The van der Waals surface area contributed by atoms with E-state index in [1.165, 1.54) is 6.07 Å². The molecule has 1 N–H and O–H groups in total. The lowest BCUT2D eigenvalue weighted by atomic mass is 10.1. The van der Waals surface area contributed by atoms with Crippen molar-refractivity contribution in [2.45, 2.75) is 6.92 Å². The van der Waals surface area contributed by atoms with Crippen LogP contribution in [0.15, 0.2) is 24.4 Å². The summed E-state index contributed by atoms with van der Waals surface area (Å²) in [5.41, 5.74) is 2.09. The highest BCUT2D eigenvalue weighted by Gasteiger charge is 2.04. The van der Waals surface area contributed by atoms with E-state index in [1.54, 1.807) is 25.3 Å². The van der Waals surface area contributed by atoms with Crippen molar-refractivity contribution in [3.8, 4) is 11.3 Å². The van der Waals surface area contributed by atoms with E-state index >= 15 is 0 Å². The molecule has 0 amide bonds. The monoisotopic (exact) mass is 204 g/mol. The zero-order valence-corrected chi connectivity index (χ0v) is 8.12. The molecule has 2 aromatic rings. The molecule has 4 heteroatoms. The maximum Gasteiger partial charge on any atom is 0.185 e. The second-order valence-electron chi connectivity index (χ2n) is 3.26. The Morgan fingerprint density at radius 3 is 2.87 bits per heavy atom. The van der Waals surface area contributed by atoms with E-state index in [0.29, 0.717) is 17.5 Å². The maximum atomic E-state index is 13.0. The van der Waals surface area contributed by atoms with Crippen molar-refractivity contribution in [2.24, 2.45) is 0 Å². The molecule has 0 aliphatic carbocycles. The number of imidazole rings is 1. The lowest BCUT2D eigenvalue weighted by molar-refractivity contribution is 0.111. The number of H-pyrrole nitrogens is 1. The highest BCUT2D eigenvalue weighted by molar-refractivity contribution is 5.71. The van der Waals surface area contributed by atoms with E-state index in [1.807, 2.05) is 0 Å². The Labute approximate surface area is 86.0 Å². The average Bonchev–Trinajstić information content (AvgIpc) is 2.70. The number of aromatic nitrogens is 2. The molecule has 0 aliphatic heterocycles. The molecule has 0 bridgehead atoms. The first kappa shape index (κ1) is 9.58. The summed E-state index contributed by atoms with van der Waals surface area (Å²) < 4.78 is 13.0. The molecule has 1 heterocycles. The van der Waals surface area contributed by atoms with Gasteiger partial charge in [-0.1, -0.05) is 0 Å². The molecule has 3 nitrogen and oxygen atoms in total. The summed E-state index contributed by atoms with van der Waals surface area (Å²) >= 11 is 0. The number of hydrogen-bond acceptors (Lipinski definition) is 2. The van der Waals surface area contributed by atoms with Crippen LogP contribution in [-0.4, -0.2) is 16.3 Å². The van der Waals surface area contributed by atoms with Crippen molar-refractivity contribution in [1.29, 1.82) is 0 Å². The lowest BCUT2D eigenvalue weighted by Crippen LogP contribution is -1.85. The van der Waals surface area contributed by atoms with Gasteiger partial charge in [-0.2, -0.15) is 0 Å². The average molecular weight is 204 g/mol. The zero-order valence-electron chi connectivity index (χ0n) is 8.12. The fraction of sp³-hybridized carbons (Fsp3) is 0.0909. The van der Waals surface area contributed by atoms with Gasteiger partial charge in [-0.15, -0.1) is 0 Å². The number of rotatable bonds is 2. The quantitative estimate of drug-likeness (QED) is 0.763. The summed E-state index contributed by atoms with van der Waals surface area (Å²) in [7, 11) is 0. The Kier molecular flexibility index (Phi) is 2.33. The van der Waals surface area contributed by atoms with E-state index < -0.39 is 0 Å². The van der Waals surface area contributed by atoms with Crippen LogP contribution >= 0.6 is 0 Å². The maximum absolute atomic E-state index is 13.0. The van der Waals surface area contributed by atoms with E-state index in [0.717, 1.165) is 5.56 Å². The van der Waals surface area contributed by atoms with Gasteiger partial charge in [-0.25, -0.2) is 9.37 Å². The van der Waals surface area contributed by atoms with Crippen LogP contribution in [0.1, 0.15) is 16.2 Å². The minimum absolute atomic E-state index is 0.242. The minimum atomic E-state index is -0.242. The van der Waals surface area contributed by atoms with Crippen molar-refractivity contribution in [3.05, 3.63) is 41.6 Å². The Bertz CT molecular complexity index is 505. The second-order valence-corrected chi connectivity index (χ2v) is 3.26. The van der Waals surface area contributed by atoms with Crippen LogP contribution < -0.4 is 0 Å². The lowest BCUT2D eigenvalue weighted by Gasteiger charge is -2.00. The van der Waals surface area contributed by atoms with E-state index in [9.17, 15) is 9.18 Å². The van der Waals surface area contributed by atoms with Gasteiger partial charge >= 0.3 is 0 Å². The fourth-order valence-corrected chi connectivity index (χ4v) is 1.36. The third-order valence-electron chi connectivity index (χ3n) is 2.18. The van der Waals surface area contributed by atoms with Crippen LogP contribution in [0.2, 0.25) is 0 Å². The summed E-state index contributed by atoms with van der Waals surface area (Å²) in [6, 6.07) is 4.74. The third kappa shape index (κ3) is 1.79. The number of carbonyl (C=O) groups excluding carboxylic acids is 1. The second kappa shape index (κ2) is 3.65. The SMILES string of the molecule is Cc1cc(-c2cnc(C=O)[nH]2)ccc1F. The molecule has 15 heavy (non-hydrogen) atoms. The van der Waals surface area contributed by atoms with Gasteiger partial charge in [0.25, 0.3) is 0 Å². The molecule has 0 aliphatic rings. The number of aldehydes is 1. The van der Waals surface area contributed by atoms with Gasteiger partial charge in [0, 0.05) is 5.56 Å². The molecule has 0 fully saturated rings. The van der Waals surface area contributed by atoms with Crippen molar-refractivity contribution < 1.29 is 9.18 Å². The van der Waals surface area contributed by atoms with Crippen LogP contribution in [0, 0.1) is 12.7 Å². The van der Waals surface area contributed by atoms with Crippen molar-refractivity contribution >= 4 is 6.29 Å². The summed E-state index contributed by atoms with van der Waals surface area (Å²) in [6.07, 6.45) is 2.19. The number of aryl methyl sites for hydroxylation is 1. The number of hydrogen-bond donors (Lipinski definition) is 1. The number of aromatic amines is 1. The predicted octanol–water partition coefficient (Wildman–Crippen LogP) is 2.34. The van der Waals surface area contributed by atoms with Crippen LogP contribution in [0.4, 0.5) is 4.39 Å². The van der Waals surface area contributed by atoms with E-state index in [4.69, 9.17) is 0 Å². The van der Waals surface area contributed by atoms with Gasteiger partial charge in [0.1, 0.15) is 5.82 Å². The van der Waals surface area contributed by atoms with Crippen molar-refractivity contribution in [2.75, 3.05) is 0 Å². The molecule has 0 radical (unpaired) electrons. The minimum Gasteiger partial charge on any atom is -0.336 e. The smallest absolute Gasteiger partial charge is 0.185 e. The van der Waals surface area contributed by atoms with Gasteiger partial charge in [0.2, 0.25) is 0 Å².